The molecule has 1 aliphatic carbocycles. The van der Waals surface area contributed by atoms with Crippen LogP contribution in [0, 0.1) is 5.92 Å². The van der Waals surface area contributed by atoms with E-state index in [0.717, 1.165) is 29.3 Å². The second-order valence-electron chi connectivity index (χ2n) is 6.79. The molecule has 26 heavy (non-hydrogen) atoms. The van der Waals surface area contributed by atoms with Crippen molar-refractivity contribution in [3.63, 3.8) is 0 Å². The van der Waals surface area contributed by atoms with Crippen LogP contribution >= 0.6 is 0 Å². The topological polar surface area (TPSA) is 86.9 Å². The first-order valence-corrected chi connectivity index (χ1v) is 8.74. The lowest BCUT2D eigenvalue weighted by molar-refractivity contribution is -0.136. The molecule has 6 nitrogen and oxygen atoms in total. The molecule has 1 heterocycles. The van der Waals surface area contributed by atoms with E-state index in [1.54, 1.807) is 18.3 Å². The van der Waals surface area contributed by atoms with Crippen LogP contribution in [0.15, 0.2) is 48.7 Å². The Bertz CT molecular complexity index is 979. The summed E-state index contributed by atoms with van der Waals surface area (Å²) < 4.78 is 0. The van der Waals surface area contributed by atoms with Crippen molar-refractivity contribution in [2.24, 2.45) is 5.92 Å². The number of nitrogens with zero attached hydrogens (tertiary/aromatic N) is 1. The number of hydrogen-bond acceptors (Lipinski definition) is 3. The SMILES string of the molecule is CC1CCc2ccccc2C1NC(=O)C(=O)Nc1ccc2[nH]ncc2c1. The smallest absolute Gasteiger partial charge is 0.313 e. The van der Waals surface area contributed by atoms with Gasteiger partial charge in [-0.1, -0.05) is 31.2 Å². The van der Waals surface area contributed by atoms with Gasteiger partial charge in [0, 0.05) is 11.1 Å². The van der Waals surface area contributed by atoms with E-state index < -0.39 is 11.8 Å². The van der Waals surface area contributed by atoms with Gasteiger partial charge in [0.2, 0.25) is 0 Å². The van der Waals surface area contributed by atoms with Gasteiger partial charge in [0.25, 0.3) is 0 Å². The molecule has 1 aliphatic rings. The summed E-state index contributed by atoms with van der Waals surface area (Å²) >= 11 is 0. The van der Waals surface area contributed by atoms with Crippen LogP contribution in [0.5, 0.6) is 0 Å². The molecule has 1 aromatic heterocycles. The van der Waals surface area contributed by atoms with Gasteiger partial charge in [0.05, 0.1) is 17.8 Å². The van der Waals surface area contributed by atoms with Crippen LogP contribution in [-0.4, -0.2) is 22.0 Å². The van der Waals surface area contributed by atoms with Crippen LogP contribution < -0.4 is 10.6 Å². The highest BCUT2D eigenvalue weighted by molar-refractivity contribution is 6.39. The summed E-state index contributed by atoms with van der Waals surface area (Å²) in [6.45, 7) is 2.10. The number of H-pyrrole nitrogens is 1. The predicted molar refractivity (Wildman–Crippen MR) is 99.5 cm³/mol. The Morgan fingerprint density at radius 2 is 2.00 bits per heavy atom. The van der Waals surface area contributed by atoms with E-state index in [1.807, 2.05) is 24.3 Å². The number of amides is 2. The fourth-order valence-corrected chi connectivity index (χ4v) is 3.56. The Labute approximate surface area is 151 Å². The van der Waals surface area contributed by atoms with Crippen molar-refractivity contribution in [2.45, 2.75) is 25.8 Å². The molecule has 4 rings (SSSR count). The monoisotopic (exact) mass is 348 g/mol. The highest BCUT2D eigenvalue weighted by Gasteiger charge is 2.29. The molecule has 0 spiro atoms. The van der Waals surface area contributed by atoms with Crippen LogP contribution in [0.25, 0.3) is 10.9 Å². The Kier molecular flexibility index (Phi) is 4.16. The average molecular weight is 348 g/mol. The number of carbonyl (C=O) groups is 2. The molecule has 2 amide bonds. The molecule has 132 valence electrons. The molecule has 0 fully saturated rings. The van der Waals surface area contributed by atoms with E-state index in [0.29, 0.717) is 5.69 Å². The summed E-state index contributed by atoms with van der Waals surface area (Å²) in [7, 11) is 0. The molecule has 0 saturated heterocycles. The zero-order valence-corrected chi connectivity index (χ0v) is 14.5. The van der Waals surface area contributed by atoms with Gasteiger partial charge >= 0.3 is 11.8 Å². The summed E-state index contributed by atoms with van der Waals surface area (Å²) in [6.07, 6.45) is 3.66. The van der Waals surface area contributed by atoms with E-state index in [4.69, 9.17) is 0 Å². The van der Waals surface area contributed by atoms with Gasteiger partial charge in [-0.25, -0.2) is 0 Å². The number of aryl methyl sites for hydroxylation is 1. The second-order valence-corrected chi connectivity index (χ2v) is 6.79. The van der Waals surface area contributed by atoms with Crippen LogP contribution in [0.3, 0.4) is 0 Å². The summed E-state index contributed by atoms with van der Waals surface area (Å²) in [4.78, 5) is 24.8. The molecule has 0 bridgehead atoms. The molecule has 3 aromatic rings. The molecule has 2 atom stereocenters. The number of fused-ring (bicyclic) bond motifs is 2. The van der Waals surface area contributed by atoms with Crippen molar-refractivity contribution in [3.8, 4) is 0 Å². The van der Waals surface area contributed by atoms with Gasteiger partial charge in [-0.15, -0.1) is 0 Å². The van der Waals surface area contributed by atoms with Crippen molar-refractivity contribution in [1.29, 1.82) is 0 Å². The first-order valence-electron chi connectivity index (χ1n) is 8.74. The van der Waals surface area contributed by atoms with Gasteiger partial charge < -0.3 is 10.6 Å². The number of anilines is 1. The molecule has 0 saturated carbocycles. The maximum Gasteiger partial charge on any atom is 0.313 e. The van der Waals surface area contributed by atoms with Gasteiger partial charge in [-0.3, -0.25) is 14.7 Å². The fourth-order valence-electron chi connectivity index (χ4n) is 3.56. The molecular formula is C20H20N4O2. The lowest BCUT2D eigenvalue weighted by Gasteiger charge is -2.31. The Morgan fingerprint density at radius 3 is 2.88 bits per heavy atom. The highest BCUT2D eigenvalue weighted by atomic mass is 16.2. The van der Waals surface area contributed by atoms with Crippen LogP contribution in [0.4, 0.5) is 5.69 Å². The minimum atomic E-state index is -0.664. The van der Waals surface area contributed by atoms with Crippen molar-refractivity contribution in [1.82, 2.24) is 15.5 Å². The van der Waals surface area contributed by atoms with Gasteiger partial charge in [-0.2, -0.15) is 5.10 Å². The molecular weight excluding hydrogens is 328 g/mol. The average Bonchev–Trinajstić information content (AvgIpc) is 3.11. The van der Waals surface area contributed by atoms with E-state index in [1.165, 1.54) is 5.56 Å². The molecule has 2 aromatic carbocycles. The van der Waals surface area contributed by atoms with Gasteiger partial charge in [-0.05, 0) is 48.1 Å². The molecule has 0 radical (unpaired) electrons. The highest BCUT2D eigenvalue weighted by Crippen LogP contribution is 2.33. The lowest BCUT2D eigenvalue weighted by Crippen LogP contribution is -2.41. The number of nitrogens with one attached hydrogen (secondary N) is 3. The van der Waals surface area contributed by atoms with Gasteiger partial charge in [0.1, 0.15) is 0 Å². The standard InChI is InChI=1S/C20H20N4O2/c1-12-6-7-13-4-2-3-5-16(13)18(12)23-20(26)19(25)22-15-8-9-17-14(10-15)11-21-24-17/h2-5,8-12,18H,6-7H2,1H3,(H,21,24)(H,22,25)(H,23,26). The number of aromatic amines is 1. The first kappa shape index (κ1) is 16.3. The maximum absolute atomic E-state index is 12.4. The van der Waals surface area contributed by atoms with Crippen LogP contribution in [0.1, 0.15) is 30.5 Å². The third-order valence-corrected chi connectivity index (χ3v) is 5.02. The first-order chi connectivity index (χ1) is 12.6. The number of benzene rings is 2. The molecule has 0 aliphatic heterocycles. The predicted octanol–water partition coefficient (Wildman–Crippen LogP) is 2.94. The normalized spacial score (nSPS) is 19.0. The minimum absolute atomic E-state index is 0.144. The second kappa shape index (κ2) is 6.63. The molecule has 3 N–H and O–H groups in total. The van der Waals surface area contributed by atoms with E-state index in [9.17, 15) is 9.59 Å². The number of hydrogen-bond donors (Lipinski definition) is 3. The van der Waals surface area contributed by atoms with E-state index in [2.05, 4.69) is 33.8 Å². The van der Waals surface area contributed by atoms with E-state index >= 15 is 0 Å². The Hall–Kier alpha value is -3.15. The van der Waals surface area contributed by atoms with E-state index in [-0.39, 0.29) is 12.0 Å². The van der Waals surface area contributed by atoms with Crippen molar-refractivity contribution in [2.75, 3.05) is 5.32 Å². The molecule has 2 unspecified atom stereocenters. The van der Waals surface area contributed by atoms with Crippen molar-refractivity contribution >= 4 is 28.4 Å². The maximum atomic E-state index is 12.4. The van der Waals surface area contributed by atoms with Crippen LogP contribution in [0.2, 0.25) is 0 Å². The quantitative estimate of drug-likeness (QED) is 0.622. The summed E-state index contributed by atoms with van der Waals surface area (Å²) in [6, 6.07) is 13.3. The third kappa shape index (κ3) is 3.06. The fraction of sp³-hybridized carbons (Fsp3) is 0.250. The summed E-state index contributed by atoms with van der Waals surface area (Å²) in [5, 5.41) is 13.2. The lowest BCUT2D eigenvalue weighted by atomic mass is 9.80. The largest absolute Gasteiger partial charge is 0.341 e. The van der Waals surface area contributed by atoms with Crippen molar-refractivity contribution in [3.05, 3.63) is 59.8 Å². The van der Waals surface area contributed by atoms with Gasteiger partial charge in [0.15, 0.2) is 0 Å². The number of rotatable bonds is 2. The summed E-state index contributed by atoms with van der Waals surface area (Å²) in [5.74, 6) is -1.00. The molecule has 6 heteroatoms. The number of carbonyl (C=O) groups excluding carboxylic acids is 2. The third-order valence-electron chi connectivity index (χ3n) is 5.02. The Balaban J connectivity index is 1.48. The van der Waals surface area contributed by atoms with Crippen molar-refractivity contribution < 1.29 is 9.59 Å². The zero-order valence-electron chi connectivity index (χ0n) is 14.5. The Morgan fingerprint density at radius 1 is 1.15 bits per heavy atom. The number of aromatic nitrogens is 2. The van der Waals surface area contributed by atoms with Crippen LogP contribution in [-0.2, 0) is 16.0 Å². The minimum Gasteiger partial charge on any atom is -0.341 e. The summed E-state index contributed by atoms with van der Waals surface area (Å²) in [5.41, 5.74) is 3.78. The zero-order chi connectivity index (χ0) is 18.1.